The van der Waals surface area contributed by atoms with Gasteiger partial charge in [-0.05, 0) is 22.2 Å². The van der Waals surface area contributed by atoms with Crippen molar-refractivity contribution in [3.05, 3.63) is 226 Å². The summed E-state index contributed by atoms with van der Waals surface area (Å²) in [5, 5.41) is 57.8. The predicted molar refractivity (Wildman–Crippen MR) is 221 cm³/mol. The molecule has 60 heavy (non-hydrogen) atoms. The van der Waals surface area contributed by atoms with Crippen molar-refractivity contribution in [2.24, 2.45) is 5.11 Å². The van der Waals surface area contributed by atoms with E-state index in [9.17, 15) is 20.4 Å². The lowest BCUT2D eigenvalue weighted by atomic mass is 9.54. The van der Waals surface area contributed by atoms with E-state index in [4.69, 9.17) is 15.0 Å². The zero-order valence-electron chi connectivity index (χ0n) is 32.1. The van der Waals surface area contributed by atoms with E-state index in [1.165, 1.54) is 72.8 Å². The number of aliphatic hydroxyl groups is 4. The van der Waals surface area contributed by atoms with Gasteiger partial charge in [0.25, 0.3) is 0 Å². The number of hydrogen-bond acceptors (Lipinski definition) is 10. The fourth-order valence-corrected chi connectivity index (χ4v) is 8.38. The van der Waals surface area contributed by atoms with Crippen molar-refractivity contribution >= 4 is 17.3 Å². The summed E-state index contributed by atoms with van der Waals surface area (Å²) in [6, 6.07) is 47.5. The summed E-state index contributed by atoms with van der Waals surface area (Å²) >= 11 is 0. The molecular formula is C48H41N3O9. The number of nitrogens with zero attached hydrogens (tertiary/aromatic N) is 3. The average molecular weight is 804 g/mol. The van der Waals surface area contributed by atoms with Gasteiger partial charge >= 0.3 is 0 Å². The van der Waals surface area contributed by atoms with E-state index in [1.807, 2.05) is 0 Å². The highest BCUT2D eigenvalue weighted by atomic mass is 16.7. The molecule has 7 rings (SSSR count). The van der Waals surface area contributed by atoms with Crippen LogP contribution in [-0.2, 0) is 14.9 Å². The van der Waals surface area contributed by atoms with Crippen molar-refractivity contribution in [2.45, 2.75) is 40.7 Å². The zero-order valence-corrected chi connectivity index (χ0v) is 32.1. The molecule has 6 aromatic rings. The van der Waals surface area contributed by atoms with Gasteiger partial charge in [-0.15, -0.1) is 0 Å². The number of benzene rings is 6. The van der Waals surface area contributed by atoms with E-state index in [2.05, 4.69) is 10.0 Å². The molecule has 1 fully saturated rings. The quantitative estimate of drug-likeness (QED) is 0.0231. The number of hydrogen-bond donors (Lipinski definition) is 4. The van der Waals surface area contributed by atoms with Gasteiger partial charge in [-0.2, -0.15) is 0 Å². The second kappa shape index (κ2) is 17.3. The lowest BCUT2D eigenvalue weighted by Gasteiger charge is -2.60. The molecule has 1 aliphatic rings. The van der Waals surface area contributed by atoms with Crippen molar-refractivity contribution in [3.8, 4) is 0 Å². The van der Waals surface area contributed by atoms with E-state index in [0.29, 0.717) is 16.7 Å². The third-order valence-electron chi connectivity index (χ3n) is 11.2. The van der Waals surface area contributed by atoms with Crippen LogP contribution >= 0.6 is 0 Å². The minimum Gasteiger partial charge on any atom is -0.389 e. The second-order valence-electron chi connectivity index (χ2n) is 14.4. The van der Waals surface area contributed by atoms with Crippen LogP contribution in [0.15, 0.2) is 187 Å². The number of aliphatic hydroxyl groups excluding tert-OH is 1. The first-order valence-corrected chi connectivity index (χ1v) is 19.2. The summed E-state index contributed by atoms with van der Waals surface area (Å²) < 4.78 is 12.5. The van der Waals surface area contributed by atoms with E-state index < -0.39 is 64.7 Å². The van der Waals surface area contributed by atoms with Crippen LogP contribution in [0.2, 0.25) is 0 Å². The van der Waals surface area contributed by atoms with Gasteiger partial charge < -0.3 is 29.9 Å². The van der Waals surface area contributed by atoms with E-state index in [0.717, 1.165) is 0 Å². The Hall–Kier alpha value is -6.60. The first-order chi connectivity index (χ1) is 29.1. The largest absolute Gasteiger partial charge is 0.389 e. The Labute approximate surface area is 345 Å². The molecule has 1 aliphatic heterocycles. The van der Waals surface area contributed by atoms with Crippen molar-refractivity contribution in [2.75, 3.05) is 13.2 Å². The molecule has 0 bridgehead atoms. The van der Waals surface area contributed by atoms with Crippen LogP contribution < -0.4 is 0 Å². The molecule has 0 spiro atoms. The van der Waals surface area contributed by atoms with Gasteiger partial charge in [0.15, 0.2) is 11.9 Å². The Morgan fingerprint density at radius 2 is 0.950 bits per heavy atom. The smallest absolute Gasteiger partial charge is 0.218 e. The van der Waals surface area contributed by atoms with Gasteiger partial charge in [0.2, 0.25) is 28.6 Å². The molecule has 1 unspecified atom stereocenters. The fourth-order valence-electron chi connectivity index (χ4n) is 8.38. The number of ketones is 3. The molecule has 6 atom stereocenters. The number of carbonyl (C=O) groups excluding carboxylic acids is 3. The monoisotopic (exact) mass is 803 g/mol. The Morgan fingerprint density at radius 1 is 0.600 bits per heavy atom. The van der Waals surface area contributed by atoms with Crippen molar-refractivity contribution in [1.82, 2.24) is 0 Å². The van der Waals surface area contributed by atoms with Crippen LogP contribution in [0.5, 0.6) is 0 Å². The zero-order chi connectivity index (χ0) is 42.4. The van der Waals surface area contributed by atoms with Crippen LogP contribution in [0.25, 0.3) is 10.4 Å². The molecule has 0 radical (unpaired) electrons. The minimum atomic E-state index is -3.91. The number of ether oxygens (including phenoxy) is 2. The van der Waals surface area contributed by atoms with Crippen LogP contribution in [0, 0.1) is 0 Å². The number of carbonyl (C=O) groups is 3. The SMILES string of the molecule is [N-]=[N+]=NCCO[C@H]1O[C@H](C(O)C(c2ccccc2)(c2ccccc2)c2ccccc2)[C@](O)(C(=O)c2ccccc2)[C@@](O)(C(=O)c2ccccc2)[C@@]1(O)C(=O)c1ccccc1. The van der Waals surface area contributed by atoms with Gasteiger partial charge in [0, 0.05) is 28.1 Å². The maximum atomic E-state index is 15.5. The van der Waals surface area contributed by atoms with Gasteiger partial charge in [0.1, 0.15) is 12.2 Å². The Morgan fingerprint density at radius 3 is 1.33 bits per heavy atom. The molecule has 302 valence electrons. The minimum absolute atomic E-state index is 0.257. The molecule has 0 saturated carbocycles. The van der Waals surface area contributed by atoms with Gasteiger partial charge in [-0.1, -0.05) is 187 Å². The number of rotatable bonds is 15. The van der Waals surface area contributed by atoms with Crippen LogP contribution in [0.4, 0.5) is 0 Å². The first kappa shape index (κ1) is 41.6. The van der Waals surface area contributed by atoms with Crippen molar-refractivity contribution in [3.63, 3.8) is 0 Å². The molecule has 0 aliphatic carbocycles. The fraction of sp³-hybridized carbons (Fsp3) is 0.188. The highest BCUT2D eigenvalue weighted by Gasteiger charge is 2.82. The summed E-state index contributed by atoms with van der Waals surface area (Å²) in [5.74, 6) is -4.19. The third-order valence-corrected chi connectivity index (χ3v) is 11.2. The Balaban J connectivity index is 1.62. The van der Waals surface area contributed by atoms with Crippen LogP contribution in [-0.4, -0.2) is 86.2 Å². The summed E-state index contributed by atoms with van der Waals surface area (Å²) in [5.41, 5.74) is -3.52. The lowest BCUT2D eigenvalue weighted by Crippen LogP contribution is -2.88. The number of Topliss-reactive ketones (excluding diaryl/α,β-unsaturated/α-hetero) is 3. The van der Waals surface area contributed by atoms with Crippen molar-refractivity contribution in [1.29, 1.82) is 0 Å². The second-order valence-corrected chi connectivity index (χ2v) is 14.4. The lowest BCUT2D eigenvalue weighted by molar-refractivity contribution is -0.367. The normalized spacial score (nSPS) is 23.1. The summed E-state index contributed by atoms with van der Waals surface area (Å²) in [6.45, 7) is -0.927. The van der Waals surface area contributed by atoms with E-state index in [-0.39, 0.29) is 23.2 Å². The predicted octanol–water partition coefficient (Wildman–Crippen LogP) is 6.28. The summed E-state index contributed by atoms with van der Waals surface area (Å²) in [6.07, 6.45) is -6.98. The van der Waals surface area contributed by atoms with E-state index >= 15 is 14.4 Å². The van der Waals surface area contributed by atoms with Crippen LogP contribution in [0.1, 0.15) is 47.8 Å². The van der Waals surface area contributed by atoms with Gasteiger partial charge in [-0.25, -0.2) is 0 Å². The standard InChI is InChI=1S/C48H41N3O9/c49-51-50-31-32-59-44-47(57,40(53)34-21-9-2-10-22-34)48(58,41(54)35-23-11-3-12-24-35)46(56,39(52)33-19-7-1-8-20-33)43(60-44)42(55)45(36-25-13-4-14-26-36,37-27-15-5-16-28-37)38-29-17-6-18-30-38/h1-30,42-44,55-58H,31-32H2/t42?,43-,44+,46-,47-,48+/m1/s1. The number of azide groups is 1. The van der Waals surface area contributed by atoms with E-state index in [1.54, 1.807) is 109 Å². The molecule has 12 heteroatoms. The Kier molecular flexibility index (Phi) is 12.0. The maximum Gasteiger partial charge on any atom is 0.218 e. The molecular weight excluding hydrogens is 763 g/mol. The van der Waals surface area contributed by atoms with Gasteiger partial charge in [-0.3, -0.25) is 14.4 Å². The topological polar surface area (TPSA) is 199 Å². The Bertz CT molecular complexity index is 2380. The summed E-state index contributed by atoms with van der Waals surface area (Å²) in [7, 11) is 0. The highest BCUT2D eigenvalue weighted by Crippen LogP contribution is 2.54. The molecule has 1 saturated heterocycles. The molecule has 1 heterocycles. The molecule has 6 aromatic carbocycles. The average Bonchev–Trinajstić information content (AvgIpc) is 3.31. The molecule has 0 aromatic heterocycles. The summed E-state index contributed by atoms with van der Waals surface area (Å²) in [4.78, 5) is 48.7. The first-order valence-electron chi connectivity index (χ1n) is 19.2. The maximum absolute atomic E-state index is 15.5. The van der Waals surface area contributed by atoms with Gasteiger partial charge in [0.05, 0.1) is 12.0 Å². The van der Waals surface area contributed by atoms with Crippen molar-refractivity contribution < 1.29 is 44.3 Å². The molecule has 0 amide bonds. The molecule has 4 N–H and O–H groups in total. The molecule has 12 nitrogen and oxygen atoms in total. The highest BCUT2D eigenvalue weighted by molar-refractivity contribution is 6.18. The van der Waals surface area contributed by atoms with Crippen LogP contribution in [0.3, 0.4) is 0 Å². The third kappa shape index (κ3) is 6.72.